The number of hydrogen-bond acceptors (Lipinski definition) is 5. The van der Waals surface area contributed by atoms with Crippen molar-refractivity contribution >= 4 is 10.9 Å². The summed E-state index contributed by atoms with van der Waals surface area (Å²) < 4.78 is 5.33. The number of pyridine rings is 1. The lowest BCUT2D eigenvalue weighted by atomic mass is 9.71. The van der Waals surface area contributed by atoms with Crippen LogP contribution in [0.1, 0.15) is 24.5 Å². The first-order chi connectivity index (χ1) is 12.1. The summed E-state index contributed by atoms with van der Waals surface area (Å²) in [4.78, 5) is 6.59. The van der Waals surface area contributed by atoms with Crippen LogP contribution in [0.3, 0.4) is 0 Å². The van der Waals surface area contributed by atoms with Crippen LogP contribution in [0.5, 0.6) is 5.75 Å². The van der Waals surface area contributed by atoms with Crippen LogP contribution in [0, 0.1) is 5.92 Å². The average molecular weight is 340 g/mol. The highest BCUT2D eigenvalue weighted by Crippen LogP contribution is 2.44. The number of methoxy groups -OCH3 is 1. The minimum atomic E-state index is -0.835. The van der Waals surface area contributed by atoms with Gasteiger partial charge in [-0.25, -0.2) is 0 Å². The molecule has 0 amide bonds. The number of aliphatic hydroxyl groups excluding tert-OH is 1. The summed E-state index contributed by atoms with van der Waals surface area (Å²) in [5, 5.41) is 22.8. The van der Waals surface area contributed by atoms with E-state index in [4.69, 9.17) is 4.74 Å². The molecule has 0 saturated carbocycles. The van der Waals surface area contributed by atoms with E-state index in [1.54, 1.807) is 19.4 Å². The number of piperidine rings is 3. The van der Waals surface area contributed by atoms with Crippen LogP contribution < -0.4 is 4.74 Å². The summed E-state index contributed by atoms with van der Waals surface area (Å²) in [6, 6.07) is 7.60. The molecule has 5 nitrogen and oxygen atoms in total. The van der Waals surface area contributed by atoms with Crippen molar-refractivity contribution in [2.24, 2.45) is 5.92 Å². The Hall–Kier alpha value is -1.95. The van der Waals surface area contributed by atoms with Crippen molar-refractivity contribution in [3.63, 3.8) is 0 Å². The maximum Gasteiger partial charge on any atom is 0.119 e. The highest BCUT2D eigenvalue weighted by Gasteiger charge is 2.49. The monoisotopic (exact) mass is 340 g/mol. The molecule has 2 bridgehead atoms. The Morgan fingerprint density at radius 3 is 2.96 bits per heavy atom. The van der Waals surface area contributed by atoms with Gasteiger partial charge >= 0.3 is 0 Å². The highest BCUT2D eigenvalue weighted by molar-refractivity contribution is 5.83. The average Bonchev–Trinajstić information content (AvgIpc) is 2.66. The van der Waals surface area contributed by atoms with E-state index in [0.717, 1.165) is 41.6 Å². The third-order valence-corrected chi connectivity index (χ3v) is 5.94. The summed E-state index contributed by atoms with van der Waals surface area (Å²) >= 11 is 0. The zero-order valence-corrected chi connectivity index (χ0v) is 14.4. The van der Waals surface area contributed by atoms with Crippen LogP contribution in [0.4, 0.5) is 0 Å². The summed E-state index contributed by atoms with van der Waals surface area (Å²) in [5.41, 5.74) is 0.873. The topological polar surface area (TPSA) is 65.8 Å². The molecule has 3 fully saturated rings. The second-order valence-corrected chi connectivity index (χ2v) is 7.18. The minimum absolute atomic E-state index is 0.00391. The molecule has 5 rings (SSSR count). The first kappa shape index (κ1) is 16.5. The fourth-order valence-electron chi connectivity index (χ4n) is 4.45. The van der Waals surface area contributed by atoms with Gasteiger partial charge in [-0.1, -0.05) is 6.08 Å². The fraction of sp³-hybridized carbons (Fsp3) is 0.450. The van der Waals surface area contributed by atoms with Gasteiger partial charge in [-0.05, 0) is 55.1 Å². The molecule has 3 aliphatic rings. The number of aromatic nitrogens is 1. The van der Waals surface area contributed by atoms with E-state index in [-0.39, 0.29) is 12.0 Å². The maximum absolute atomic E-state index is 11.2. The van der Waals surface area contributed by atoms with Crippen LogP contribution in [-0.4, -0.2) is 51.9 Å². The van der Waals surface area contributed by atoms with E-state index in [1.165, 1.54) is 0 Å². The Balaban J connectivity index is 1.69. The molecule has 5 heteroatoms. The molecule has 3 saturated heterocycles. The van der Waals surface area contributed by atoms with Gasteiger partial charge in [0.05, 0.1) is 24.3 Å². The van der Waals surface area contributed by atoms with Gasteiger partial charge in [-0.2, -0.15) is 0 Å². The molecule has 25 heavy (non-hydrogen) atoms. The van der Waals surface area contributed by atoms with Gasteiger partial charge < -0.3 is 14.9 Å². The predicted molar refractivity (Wildman–Crippen MR) is 96.5 cm³/mol. The molecule has 132 valence electrons. The van der Waals surface area contributed by atoms with Crippen molar-refractivity contribution in [1.29, 1.82) is 0 Å². The lowest BCUT2D eigenvalue weighted by Crippen LogP contribution is -2.63. The van der Waals surface area contributed by atoms with E-state index in [0.29, 0.717) is 6.54 Å². The van der Waals surface area contributed by atoms with E-state index in [1.807, 2.05) is 24.3 Å². The Morgan fingerprint density at radius 1 is 1.44 bits per heavy atom. The van der Waals surface area contributed by atoms with Gasteiger partial charge in [0.1, 0.15) is 5.75 Å². The molecular formula is C20H24N2O3. The molecule has 3 aliphatic heterocycles. The number of nitrogens with zero attached hydrogens (tertiary/aromatic N) is 2. The van der Waals surface area contributed by atoms with Crippen LogP contribution in [0.2, 0.25) is 0 Å². The standard InChI is InChI=1S/C20H24N2O3/c1-3-20(24)12-22-9-7-13(20)10-18(22)19(23)15-6-8-21-17-5-4-14(25-2)11-16(15)17/h3-6,8,11,13,18-19,23-24H,1,7,9-10,12H2,2H3/t13?,18-,19+,20+/m0/s1. The molecular weight excluding hydrogens is 316 g/mol. The zero-order chi connectivity index (χ0) is 17.6. The molecule has 2 aromatic rings. The quantitative estimate of drug-likeness (QED) is 0.836. The summed E-state index contributed by atoms with van der Waals surface area (Å²) in [6.45, 7) is 5.24. The third kappa shape index (κ3) is 2.63. The number of aliphatic hydroxyl groups is 2. The van der Waals surface area contributed by atoms with Gasteiger partial charge in [0, 0.05) is 24.2 Å². The number of rotatable bonds is 4. The molecule has 2 N–H and O–H groups in total. The number of ether oxygens (including phenoxy) is 1. The van der Waals surface area contributed by atoms with E-state index in [2.05, 4.69) is 16.5 Å². The minimum Gasteiger partial charge on any atom is -0.497 e. The van der Waals surface area contributed by atoms with Gasteiger partial charge in [0.2, 0.25) is 0 Å². The Kier molecular flexibility index (Phi) is 4.02. The van der Waals surface area contributed by atoms with Crippen molar-refractivity contribution in [2.75, 3.05) is 20.2 Å². The van der Waals surface area contributed by atoms with Crippen molar-refractivity contribution in [3.8, 4) is 5.75 Å². The smallest absolute Gasteiger partial charge is 0.119 e. The third-order valence-electron chi connectivity index (χ3n) is 5.94. The Labute approximate surface area is 147 Å². The van der Waals surface area contributed by atoms with Crippen molar-refractivity contribution in [3.05, 3.63) is 48.7 Å². The van der Waals surface area contributed by atoms with Crippen molar-refractivity contribution in [1.82, 2.24) is 9.88 Å². The first-order valence-electron chi connectivity index (χ1n) is 8.76. The number of benzene rings is 1. The second kappa shape index (κ2) is 6.09. The molecule has 0 radical (unpaired) electrons. The summed E-state index contributed by atoms with van der Waals surface area (Å²) in [6.07, 6.45) is 4.48. The van der Waals surface area contributed by atoms with Gasteiger partial charge in [0.25, 0.3) is 0 Å². The van der Waals surface area contributed by atoms with E-state index in [9.17, 15) is 10.2 Å². The van der Waals surface area contributed by atoms with Crippen molar-refractivity contribution in [2.45, 2.75) is 30.6 Å². The van der Waals surface area contributed by atoms with Gasteiger partial charge in [0.15, 0.2) is 0 Å². The van der Waals surface area contributed by atoms with Gasteiger partial charge in [-0.15, -0.1) is 6.58 Å². The predicted octanol–water partition coefficient (Wildman–Crippen LogP) is 2.29. The van der Waals surface area contributed by atoms with E-state index >= 15 is 0 Å². The summed E-state index contributed by atoms with van der Waals surface area (Å²) in [5.74, 6) is 0.901. The Bertz CT molecular complexity index is 809. The Morgan fingerprint density at radius 2 is 2.28 bits per heavy atom. The number of fused-ring (bicyclic) bond motifs is 4. The van der Waals surface area contributed by atoms with Crippen molar-refractivity contribution < 1.29 is 14.9 Å². The SMILES string of the molecule is C=C[C@@]1(O)CN2CCC1C[C@H]2[C@H](O)c1ccnc2ccc(OC)cc12. The molecule has 0 aliphatic carbocycles. The molecule has 0 spiro atoms. The first-order valence-corrected chi connectivity index (χ1v) is 8.76. The molecule has 1 aromatic carbocycles. The largest absolute Gasteiger partial charge is 0.497 e. The molecule has 1 aromatic heterocycles. The number of hydrogen-bond donors (Lipinski definition) is 2. The molecule has 5 atom stereocenters. The fourth-order valence-corrected chi connectivity index (χ4v) is 4.45. The maximum atomic E-state index is 11.2. The van der Waals surface area contributed by atoms with Gasteiger partial charge in [-0.3, -0.25) is 9.88 Å². The highest BCUT2D eigenvalue weighted by atomic mass is 16.5. The molecule has 4 heterocycles. The normalized spacial score (nSPS) is 32.5. The molecule has 2 unspecified atom stereocenters. The van der Waals surface area contributed by atoms with Crippen LogP contribution in [0.25, 0.3) is 10.9 Å². The second-order valence-electron chi connectivity index (χ2n) is 7.18. The summed E-state index contributed by atoms with van der Waals surface area (Å²) in [7, 11) is 1.63. The van der Waals surface area contributed by atoms with Crippen LogP contribution >= 0.6 is 0 Å². The van der Waals surface area contributed by atoms with Crippen LogP contribution in [-0.2, 0) is 0 Å². The van der Waals surface area contributed by atoms with E-state index < -0.39 is 11.7 Å². The lowest BCUT2D eigenvalue weighted by molar-refractivity contribution is -0.127. The zero-order valence-electron chi connectivity index (χ0n) is 14.4. The van der Waals surface area contributed by atoms with Crippen LogP contribution in [0.15, 0.2) is 43.1 Å². The lowest BCUT2D eigenvalue weighted by Gasteiger charge is -2.54.